The molecule has 0 saturated heterocycles. The van der Waals surface area contributed by atoms with Crippen LogP contribution in [0.5, 0.6) is 0 Å². The van der Waals surface area contributed by atoms with Gasteiger partial charge in [0.2, 0.25) is 0 Å². The van der Waals surface area contributed by atoms with Gasteiger partial charge in [0, 0.05) is 16.8 Å². The summed E-state index contributed by atoms with van der Waals surface area (Å²) in [5.74, 6) is 0. The van der Waals surface area contributed by atoms with E-state index in [9.17, 15) is 0 Å². The summed E-state index contributed by atoms with van der Waals surface area (Å²) >= 11 is 6.12. The van der Waals surface area contributed by atoms with Crippen LogP contribution in [-0.2, 0) is 0 Å². The molecule has 0 aliphatic heterocycles. The van der Waals surface area contributed by atoms with Gasteiger partial charge in [0.15, 0.2) is 0 Å². The molecule has 1 nitrogen and oxygen atoms in total. The largest absolute Gasteiger partial charge is 0.256 e. The second kappa shape index (κ2) is 5.52. The van der Waals surface area contributed by atoms with Gasteiger partial charge in [-0.15, -0.1) is 0 Å². The number of allylic oxidation sites excluding steroid dienone is 5. The van der Waals surface area contributed by atoms with Gasteiger partial charge < -0.3 is 0 Å². The summed E-state index contributed by atoms with van der Waals surface area (Å²) < 4.78 is 0. The topological polar surface area (TPSA) is 12.9 Å². The maximum atomic E-state index is 6.12. The van der Waals surface area contributed by atoms with Gasteiger partial charge in [0.25, 0.3) is 0 Å². The Balaban J connectivity index is 3.29. The molecule has 0 N–H and O–H groups in total. The van der Waals surface area contributed by atoms with Crippen LogP contribution in [0.3, 0.4) is 0 Å². The monoisotopic (exact) mass is 219 g/mol. The number of nitrogens with zero attached hydrogens (tertiary/aromatic N) is 1. The fourth-order valence-corrected chi connectivity index (χ4v) is 1.47. The van der Waals surface area contributed by atoms with E-state index in [-0.39, 0.29) is 0 Å². The Morgan fingerprint density at radius 1 is 1.53 bits per heavy atom. The minimum atomic E-state index is 0.691. The lowest BCUT2D eigenvalue weighted by Gasteiger charge is -2.07. The highest BCUT2D eigenvalue weighted by Crippen LogP contribution is 2.26. The van der Waals surface area contributed by atoms with Crippen LogP contribution in [0, 0.1) is 6.92 Å². The van der Waals surface area contributed by atoms with Crippen LogP contribution < -0.4 is 0 Å². The first-order valence-corrected chi connectivity index (χ1v) is 5.15. The van der Waals surface area contributed by atoms with Crippen LogP contribution in [0.1, 0.15) is 18.2 Å². The summed E-state index contributed by atoms with van der Waals surface area (Å²) in [6, 6.07) is 3.92. The molecule has 1 aromatic rings. The Kier molecular flexibility index (Phi) is 4.32. The second-order valence-electron chi connectivity index (χ2n) is 3.12. The molecule has 0 atom stereocenters. The fraction of sp³-hybridized carbons (Fsp3) is 0.154. The SMILES string of the molecule is C=C/C=C(\C(Cl)=C/C)c1ncccc1C. The van der Waals surface area contributed by atoms with Crippen molar-refractivity contribution in [3.05, 3.63) is 59.4 Å². The molecule has 78 valence electrons. The molecule has 0 fully saturated rings. The van der Waals surface area contributed by atoms with Crippen molar-refractivity contribution in [3.63, 3.8) is 0 Å². The number of hydrogen-bond acceptors (Lipinski definition) is 1. The van der Waals surface area contributed by atoms with Crippen molar-refractivity contribution in [1.82, 2.24) is 4.98 Å². The van der Waals surface area contributed by atoms with E-state index >= 15 is 0 Å². The lowest BCUT2D eigenvalue weighted by Crippen LogP contribution is -1.93. The molecule has 0 aliphatic carbocycles. The van der Waals surface area contributed by atoms with Crippen molar-refractivity contribution in [1.29, 1.82) is 0 Å². The van der Waals surface area contributed by atoms with E-state index in [4.69, 9.17) is 11.6 Å². The molecule has 1 rings (SSSR count). The first-order valence-electron chi connectivity index (χ1n) is 4.77. The van der Waals surface area contributed by atoms with Gasteiger partial charge in [0.05, 0.1) is 5.69 Å². The van der Waals surface area contributed by atoms with Crippen LogP contribution in [-0.4, -0.2) is 4.98 Å². The first-order chi connectivity index (χ1) is 7.20. The quantitative estimate of drug-likeness (QED) is 0.698. The van der Waals surface area contributed by atoms with Gasteiger partial charge in [-0.3, -0.25) is 4.98 Å². The van der Waals surface area contributed by atoms with Crippen LogP contribution in [0.4, 0.5) is 0 Å². The van der Waals surface area contributed by atoms with Crippen molar-refractivity contribution >= 4 is 17.2 Å². The van der Waals surface area contributed by atoms with E-state index < -0.39 is 0 Å². The second-order valence-corrected chi connectivity index (χ2v) is 3.53. The summed E-state index contributed by atoms with van der Waals surface area (Å²) in [5, 5.41) is 0.691. The standard InChI is InChI=1S/C13H14ClN/c1-4-7-11(12(14)5-2)13-10(3)8-6-9-15-13/h4-9H,1H2,2-3H3/b11-7+,12-5+. The van der Waals surface area contributed by atoms with Crippen molar-refractivity contribution in [2.24, 2.45) is 0 Å². The zero-order valence-electron chi connectivity index (χ0n) is 9.00. The van der Waals surface area contributed by atoms with Gasteiger partial charge in [0.1, 0.15) is 0 Å². The molecule has 15 heavy (non-hydrogen) atoms. The third-order valence-electron chi connectivity index (χ3n) is 2.06. The average molecular weight is 220 g/mol. The van der Waals surface area contributed by atoms with Crippen molar-refractivity contribution < 1.29 is 0 Å². The molecule has 2 heteroatoms. The molecule has 0 spiro atoms. The normalized spacial score (nSPS) is 12.7. The summed E-state index contributed by atoms with van der Waals surface area (Å²) in [5.41, 5.74) is 2.92. The summed E-state index contributed by atoms with van der Waals surface area (Å²) in [7, 11) is 0. The predicted octanol–water partition coefficient (Wildman–Crippen LogP) is 4.10. The van der Waals surface area contributed by atoms with Gasteiger partial charge in [-0.1, -0.05) is 42.5 Å². The highest BCUT2D eigenvalue weighted by Gasteiger charge is 2.07. The van der Waals surface area contributed by atoms with Crippen molar-refractivity contribution in [3.8, 4) is 0 Å². The van der Waals surface area contributed by atoms with Crippen LogP contribution in [0.2, 0.25) is 0 Å². The van der Waals surface area contributed by atoms with Crippen LogP contribution >= 0.6 is 11.6 Å². The zero-order valence-corrected chi connectivity index (χ0v) is 9.75. The van der Waals surface area contributed by atoms with E-state index in [0.29, 0.717) is 5.03 Å². The van der Waals surface area contributed by atoms with Gasteiger partial charge in [-0.2, -0.15) is 0 Å². The highest BCUT2D eigenvalue weighted by molar-refractivity contribution is 6.36. The molecule has 0 aliphatic rings. The lowest BCUT2D eigenvalue weighted by atomic mass is 10.1. The summed E-state index contributed by atoms with van der Waals surface area (Å²) in [6.45, 7) is 7.60. The molecule has 1 aromatic heterocycles. The smallest absolute Gasteiger partial charge is 0.0745 e. The van der Waals surface area contributed by atoms with Crippen molar-refractivity contribution in [2.45, 2.75) is 13.8 Å². The summed E-state index contributed by atoms with van der Waals surface area (Å²) in [4.78, 5) is 4.32. The maximum Gasteiger partial charge on any atom is 0.0745 e. The molecule has 1 heterocycles. The van der Waals surface area contributed by atoms with Gasteiger partial charge in [-0.05, 0) is 25.5 Å². The molecule has 0 aromatic carbocycles. The third kappa shape index (κ3) is 2.80. The lowest BCUT2D eigenvalue weighted by molar-refractivity contribution is 1.22. The minimum Gasteiger partial charge on any atom is -0.256 e. The Bertz CT molecular complexity index is 416. The Hall–Kier alpha value is -1.34. The van der Waals surface area contributed by atoms with E-state index in [1.807, 2.05) is 38.1 Å². The van der Waals surface area contributed by atoms with E-state index in [1.54, 1.807) is 12.3 Å². The number of halogens is 1. The van der Waals surface area contributed by atoms with Gasteiger partial charge in [-0.25, -0.2) is 0 Å². The molecule has 0 radical (unpaired) electrons. The number of aryl methyl sites for hydroxylation is 1. The van der Waals surface area contributed by atoms with Gasteiger partial charge >= 0.3 is 0 Å². The zero-order chi connectivity index (χ0) is 11.3. The molecular weight excluding hydrogens is 206 g/mol. The molecule has 0 unspecified atom stereocenters. The van der Waals surface area contributed by atoms with Crippen LogP contribution in [0.15, 0.2) is 48.2 Å². The Labute approximate surface area is 95.8 Å². The van der Waals surface area contributed by atoms with Crippen molar-refractivity contribution in [2.75, 3.05) is 0 Å². The van der Waals surface area contributed by atoms with Crippen LogP contribution in [0.25, 0.3) is 5.57 Å². The Morgan fingerprint density at radius 2 is 2.27 bits per heavy atom. The molecular formula is C13H14ClN. The third-order valence-corrected chi connectivity index (χ3v) is 2.48. The summed E-state index contributed by atoms with van der Waals surface area (Å²) in [6.07, 6.45) is 7.21. The maximum absolute atomic E-state index is 6.12. The number of rotatable bonds is 3. The van der Waals surface area contributed by atoms with E-state index in [1.165, 1.54) is 0 Å². The molecule has 0 bridgehead atoms. The Morgan fingerprint density at radius 3 is 2.80 bits per heavy atom. The fourth-order valence-electron chi connectivity index (χ4n) is 1.31. The minimum absolute atomic E-state index is 0.691. The molecule has 0 saturated carbocycles. The highest BCUT2D eigenvalue weighted by atomic mass is 35.5. The average Bonchev–Trinajstić information content (AvgIpc) is 2.26. The number of hydrogen-bond donors (Lipinski definition) is 0. The number of pyridine rings is 1. The van der Waals surface area contributed by atoms with E-state index in [2.05, 4.69) is 11.6 Å². The number of aromatic nitrogens is 1. The predicted molar refractivity (Wildman–Crippen MR) is 66.8 cm³/mol. The first kappa shape index (κ1) is 11.7. The molecule has 0 amide bonds. The van der Waals surface area contributed by atoms with E-state index in [0.717, 1.165) is 16.8 Å².